The number of ether oxygens (including phenoxy) is 3. The summed E-state index contributed by atoms with van der Waals surface area (Å²) in [5, 5.41) is 0. The third-order valence-electron chi connectivity index (χ3n) is 5.76. The molecule has 1 unspecified atom stereocenters. The second-order valence-electron chi connectivity index (χ2n) is 9.66. The lowest BCUT2D eigenvalue weighted by atomic mass is 10.0. The predicted octanol–water partition coefficient (Wildman–Crippen LogP) is 5.29. The monoisotopic (exact) mass is 510 g/mol. The smallest absolute Gasteiger partial charge is 0.365 e. The van der Waals surface area contributed by atoms with E-state index in [4.69, 9.17) is 14.2 Å². The van der Waals surface area contributed by atoms with Gasteiger partial charge in [-0.05, 0) is 35.4 Å². The molecule has 0 aromatic heterocycles. The van der Waals surface area contributed by atoms with Crippen molar-refractivity contribution in [3.05, 3.63) is 96.1 Å². The molecule has 3 aromatic carbocycles. The predicted molar refractivity (Wildman–Crippen MR) is 150 cm³/mol. The number of esters is 1. The summed E-state index contributed by atoms with van der Waals surface area (Å²) in [6.07, 6.45) is 1.57. The molecule has 3 aromatic rings. The average molecular weight is 511 g/mol. The zero-order valence-corrected chi connectivity index (χ0v) is 22.5. The lowest BCUT2D eigenvalue weighted by Crippen LogP contribution is -2.51. The molecule has 38 heavy (non-hydrogen) atoms. The SMILES string of the molecule is C[N+](C)(C)C(Cc1ccccc1)C(=O)OCCC#CCC#CCOc1ccc(OCc2ccccc2)cc1. The summed E-state index contributed by atoms with van der Waals surface area (Å²) >= 11 is 0. The Kier molecular flexibility index (Phi) is 11.3. The molecule has 0 radical (unpaired) electrons. The number of benzene rings is 3. The van der Waals surface area contributed by atoms with Crippen LogP contribution in [0.2, 0.25) is 0 Å². The van der Waals surface area contributed by atoms with Gasteiger partial charge in [-0.25, -0.2) is 4.79 Å². The first-order valence-corrected chi connectivity index (χ1v) is 12.7. The lowest BCUT2D eigenvalue weighted by molar-refractivity contribution is -0.887. The molecule has 196 valence electrons. The number of hydrogen-bond acceptors (Lipinski definition) is 4. The van der Waals surface area contributed by atoms with E-state index < -0.39 is 0 Å². The minimum atomic E-state index is -0.269. The van der Waals surface area contributed by atoms with Gasteiger partial charge in [0.25, 0.3) is 0 Å². The van der Waals surface area contributed by atoms with Gasteiger partial charge in [0.2, 0.25) is 0 Å². The Morgan fingerprint density at radius 3 is 1.95 bits per heavy atom. The first-order valence-electron chi connectivity index (χ1n) is 12.7. The fourth-order valence-electron chi connectivity index (χ4n) is 3.61. The van der Waals surface area contributed by atoms with E-state index in [0.29, 0.717) is 30.4 Å². The molecule has 0 saturated heterocycles. The molecule has 0 N–H and O–H groups in total. The van der Waals surface area contributed by atoms with Crippen molar-refractivity contribution >= 4 is 5.97 Å². The van der Waals surface area contributed by atoms with Gasteiger partial charge in [0.15, 0.2) is 6.04 Å². The molecule has 0 heterocycles. The molecule has 0 aliphatic rings. The molecule has 0 fully saturated rings. The van der Waals surface area contributed by atoms with Crippen LogP contribution in [0.1, 0.15) is 24.0 Å². The minimum absolute atomic E-state index is 0.198. The van der Waals surface area contributed by atoms with Crippen LogP contribution in [0.5, 0.6) is 11.5 Å². The Bertz CT molecular complexity index is 1240. The quantitative estimate of drug-likeness (QED) is 0.152. The van der Waals surface area contributed by atoms with Crippen LogP contribution in [0.3, 0.4) is 0 Å². The third kappa shape index (κ3) is 10.4. The number of nitrogens with zero attached hydrogens (tertiary/aromatic N) is 1. The zero-order chi connectivity index (χ0) is 27.1. The summed E-state index contributed by atoms with van der Waals surface area (Å²) in [6.45, 7) is 1.09. The fourth-order valence-corrected chi connectivity index (χ4v) is 3.61. The van der Waals surface area contributed by atoms with E-state index in [0.717, 1.165) is 22.6 Å². The summed E-state index contributed by atoms with van der Waals surface area (Å²) < 4.78 is 17.5. The van der Waals surface area contributed by atoms with Crippen LogP contribution >= 0.6 is 0 Å². The molecular formula is C33H36NO4+. The van der Waals surface area contributed by atoms with Crippen LogP contribution in [-0.4, -0.2) is 50.9 Å². The lowest BCUT2D eigenvalue weighted by Gasteiger charge is -2.32. The van der Waals surface area contributed by atoms with Gasteiger partial charge in [-0.2, -0.15) is 0 Å². The van der Waals surface area contributed by atoms with Crippen molar-refractivity contribution in [2.45, 2.75) is 31.9 Å². The number of rotatable bonds is 11. The summed E-state index contributed by atoms with van der Waals surface area (Å²) in [5.74, 6) is 13.3. The Morgan fingerprint density at radius 2 is 1.32 bits per heavy atom. The summed E-state index contributed by atoms with van der Waals surface area (Å²) in [5.41, 5.74) is 2.24. The Morgan fingerprint density at radius 1 is 0.737 bits per heavy atom. The molecule has 0 aliphatic heterocycles. The zero-order valence-electron chi connectivity index (χ0n) is 22.5. The van der Waals surface area contributed by atoms with Gasteiger partial charge in [0.1, 0.15) is 31.3 Å². The normalized spacial score (nSPS) is 11.2. The fraction of sp³-hybridized carbons (Fsp3) is 0.303. The van der Waals surface area contributed by atoms with E-state index >= 15 is 0 Å². The minimum Gasteiger partial charge on any atom is -0.489 e. The highest BCUT2D eigenvalue weighted by atomic mass is 16.5. The van der Waals surface area contributed by atoms with Gasteiger partial charge in [0.05, 0.1) is 27.6 Å². The van der Waals surface area contributed by atoms with E-state index in [2.05, 4.69) is 23.7 Å². The maximum atomic E-state index is 12.7. The van der Waals surface area contributed by atoms with Gasteiger partial charge in [-0.1, -0.05) is 84.3 Å². The van der Waals surface area contributed by atoms with E-state index in [9.17, 15) is 4.79 Å². The van der Waals surface area contributed by atoms with E-state index in [1.165, 1.54) is 0 Å². The van der Waals surface area contributed by atoms with Gasteiger partial charge in [0, 0.05) is 12.8 Å². The first-order chi connectivity index (χ1) is 18.4. The number of likely N-dealkylation sites (N-methyl/N-ethyl adjacent to an activating group) is 1. The number of hydrogen-bond donors (Lipinski definition) is 0. The van der Waals surface area contributed by atoms with Crippen LogP contribution in [0, 0.1) is 23.7 Å². The standard InChI is InChI=1S/C33H36NO4/c1-34(2,3)32(26-28-16-10-8-11-17-28)33(35)37-25-15-7-5-4-6-14-24-36-30-20-22-31(23-21-30)38-27-29-18-12-9-13-19-29/h8-13,16-23,32H,4,15,24-27H2,1-3H3/q+1. The molecule has 1 atom stereocenters. The average Bonchev–Trinajstić information content (AvgIpc) is 2.92. The van der Waals surface area contributed by atoms with Gasteiger partial charge >= 0.3 is 5.97 Å². The summed E-state index contributed by atoms with van der Waals surface area (Å²) in [4.78, 5) is 12.7. The van der Waals surface area contributed by atoms with Gasteiger partial charge in [-0.3, -0.25) is 0 Å². The maximum Gasteiger partial charge on any atom is 0.365 e. The van der Waals surface area contributed by atoms with Crippen LogP contribution < -0.4 is 9.47 Å². The van der Waals surface area contributed by atoms with Crippen molar-refractivity contribution in [1.82, 2.24) is 0 Å². The van der Waals surface area contributed by atoms with Crippen LogP contribution in [0.25, 0.3) is 0 Å². The number of quaternary nitrogens is 1. The van der Waals surface area contributed by atoms with Gasteiger partial charge in [-0.15, -0.1) is 0 Å². The highest BCUT2D eigenvalue weighted by Crippen LogP contribution is 2.18. The van der Waals surface area contributed by atoms with Crippen molar-refractivity contribution in [2.75, 3.05) is 34.4 Å². The van der Waals surface area contributed by atoms with Gasteiger partial charge < -0.3 is 18.7 Å². The molecular weight excluding hydrogens is 474 g/mol. The van der Waals surface area contributed by atoms with Crippen LogP contribution in [0.4, 0.5) is 0 Å². The van der Waals surface area contributed by atoms with E-state index in [-0.39, 0.29) is 25.2 Å². The molecule has 0 aliphatic carbocycles. The Balaban J connectivity index is 1.31. The van der Waals surface area contributed by atoms with Crippen molar-refractivity contribution < 1.29 is 23.5 Å². The third-order valence-corrected chi connectivity index (χ3v) is 5.76. The second kappa shape index (κ2) is 15.2. The Hall–Kier alpha value is -4.19. The molecule has 0 spiro atoms. The topological polar surface area (TPSA) is 44.8 Å². The molecule has 5 heteroatoms. The van der Waals surface area contributed by atoms with Crippen LogP contribution in [-0.2, 0) is 22.6 Å². The van der Waals surface area contributed by atoms with E-state index in [1.54, 1.807) is 0 Å². The molecule has 0 amide bonds. The first kappa shape index (κ1) is 28.4. The van der Waals surface area contributed by atoms with Crippen molar-refractivity contribution in [1.29, 1.82) is 0 Å². The van der Waals surface area contributed by atoms with Crippen molar-refractivity contribution in [3.63, 3.8) is 0 Å². The molecule has 5 nitrogen and oxygen atoms in total. The number of carbonyl (C=O) groups is 1. The van der Waals surface area contributed by atoms with E-state index in [1.807, 2.05) is 106 Å². The van der Waals surface area contributed by atoms with Crippen molar-refractivity contribution in [2.24, 2.45) is 0 Å². The highest BCUT2D eigenvalue weighted by Gasteiger charge is 2.33. The molecule has 0 bridgehead atoms. The number of carbonyl (C=O) groups excluding carboxylic acids is 1. The van der Waals surface area contributed by atoms with Crippen molar-refractivity contribution in [3.8, 4) is 35.2 Å². The maximum absolute atomic E-state index is 12.7. The highest BCUT2D eigenvalue weighted by molar-refractivity contribution is 5.75. The molecule has 0 saturated carbocycles. The second-order valence-corrected chi connectivity index (χ2v) is 9.66. The molecule has 3 rings (SSSR count). The Labute approximate surface area is 226 Å². The summed E-state index contributed by atoms with van der Waals surface area (Å²) in [6, 6.07) is 27.3. The summed E-state index contributed by atoms with van der Waals surface area (Å²) in [7, 11) is 6.02. The van der Waals surface area contributed by atoms with Crippen LogP contribution in [0.15, 0.2) is 84.9 Å². The largest absolute Gasteiger partial charge is 0.489 e.